The molecule has 0 aliphatic carbocycles. The van der Waals surface area contributed by atoms with Crippen molar-refractivity contribution in [2.75, 3.05) is 5.75 Å². The lowest BCUT2D eigenvalue weighted by atomic mass is 10.0. The number of hydrogen-bond donors (Lipinski definition) is 1. The third-order valence-electron chi connectivity index (χ3n) is 5.79. The molecule has 0 radical (unpaired) electrons. The van der Waals surface area contributed by atoms with Gasteiger partial charge in [-0.05, 0) is 44.4 Å². The zero-order chi connectivity index (χ0) is 25.2. The van der Waals surface area contributed by atoms with Gasteiger partial charge in [0.25, 0.3) is 0 Å². The van der Waals surface area contributed by atoms with Crippen LogP contribution in [-0.4, -0.2) is 34.6 Å². The van der Waals surface area contributed by atoms with Gasteiger partial charge in [-0.25, -0.2) is 0 Å². The number of thioether (sulfide) groups is 1. The topological polar surface area (TPSA) is 49.4 Å². The number of benzene rings is 3. The van der Waals surface area contributed by atoms with E-state index in [1.54, 1.807) is 16.7 Å². The fraction of sp³-hybridized carbons (Fsp3) is 0.333. The molecule has 0 heterocycles. The maximum absolute atomic E-state index is 13.6. The standard InChI is InChI=1S/C30H36N2O2S/c1-22(2)31-30(34)28(18-25-8-6-5-7-9-25)32(19-26-14-10-23(3)11-15-26)29(33)21-35-20-27-16-12-24(4)13-17-27/h5-17,22,28H,18-21H2,1-4H3,(H,31,34)/t28-/m1/s1. The van der Waals surface area contributed by atoms with Gasteiger partial charge < -0.3 is 10.2 Å². The zero-order valence-electron chi connectivity index (χ0n) is 21.2. The van der Waals surface area contributed by atoms with Crippen LogP contribution >= 0.6 is 11.8 Å². The predicted octanol–water partition coefficient (Wildman–Crippen LogP) is 5.70. The Morgan fingerprint density at radius 1 is 0.800 bits per heavy atom. The minimum Gasteiger partial charge on any atom is -0.352 e. The van der Waals surface area contributed by atoms with E-state index in [0.717, 1.165) is 16.9 Å². The fourth-order valence-corrected chi connectivity index (χ4v) is 4.72. The maximum Gasteiger partial charge on any atom is 0.243 e. The summed E-state index contributed by atoms with van der Waals surface area (Å²) in [5.41, 5.74) is 5.63. The van der Waals surface area contributed by atoms with Crippen LogP contribution in [0.4, 0.5) is 0 Å². The Balaban J connectivity index is 1.83. The van der Waals surface area contributed by atoms with E-state index < -0.39 is 6.04 Å². The zero-order valence-corrected chi connectivity index (χ0v) is 22.0. The second-order valence-corrected chi connectivity index (χ2v) is 10.3. The van der Waals surface area contributed by atoms with Gasteiger partial charge in [-0.15, -0.1) is 11.8 Å². The molecular formula is C30H36N2O2S. The Morgan fingerprint density at radius 2 is 1.37 bits per heavy atom. The molecule has 1 atom stereocenters. The SMILES string of the molecule is Cc1ccc(CSCC(=O)N(Cc2ccc(C)cc2)[C@H](Cc2ccccc2)C(=O)NC(C)C)cc1. The van der Waals surface area contributed by atoms with Gasteiger partial charge in [0.15, 0.2) is 0 Å². The fourth-order valence-electron chi connectivity index (χ4n) is 3.85. The molecule has 0 saturated carbocycles. The van der Waals surface area contributed by atoms with Crippen molar-refractivity contribution in [1.82, 2.24) is 10.2 Å². The number of nitrogens with one attached hydrogen (secondary N) is 1. The second-order valence-electron chi connectivity index (χ2n) is 9.35. The van der Waals surface area contributed by atoms with Crippen LogP contribution in [-0.2, 0) is 28.3 Å². The van der Waals surface area contributed by atoms with Crippen molar-refractivity contribution in [3.8, 4) is 0 Å². The average Bonchev–Trinajstić information content (AvgIpc) is 2.84. The normalized spacial score (nSPS) is 11.8. The third kappa shape index (κ3) is 8.59. The summed E-state index contributed by atoms with van der Waals surface area (Å²) in [5.74, 6) is 0.932. The molecule has 4 nitrogen and oxygen atoms in total. The number of nitrogens with zero attached hydrogens (tertiary/aromatic N) is 1. The van der Waals surface area contributed by atoms with Gasteiger partial charge in [0.05, 0.1) is 5.75 Å². The van der Waals surface area contributed by atoms with Crippen molar-refractivity contribution in [3.05, 3.63) is 107 Å². The van der Waals surface area contributed by atoms with Gasteiger partial charge in [-0.1, -0.05) is 90.0 Å². The molecule has 0 aromatic heterocycles. The van der Waals surface area contributed by atoms with E-state index in [2.05, 4.69) is 36.5 Å². The van der Waals surface area contributed by atoms with Crippen molar-refractivity contribution >= 4 is 23.6 Å². The average molecular weight is 489 g/mol. The molecule has 35 heavy (non-hydrogen) atoms. The highest BCUT2D eigenvalue weighted by atomic mass is 32.2. The quantitative estimate of drug-likeness (QED) is 0.377. The second kappa shape index (κ2) is 13.1. The molecule has 0 saturated heterocycles. The van der Waals surface area contributed by atoms with Crippen LogP contribution in [0.25, 0.3) is 0 Å². The molecule has 0 unspecified atom stereocenters. The monoisotopic (exact) mass is 488 g/mol. The van der Waals surface area contributed by atoms with E-state index in [9.17, 15) is 9.59 Å². The summed E-state index contributed by atoms with van der Waals surface area (Å²) in [6, 6.07) is 25.9. The summed E-state index contributed by atoms with van der Waals surface area (Å²) in [4.78, 5) is 28.7. The summed E-state index contributed by atoms with van der Waals surface area (Å²) >= 11 is 1.59. The van der Waals surface area contributed by atoms with E-state index in [-0.39, 0.29) is 17.9 Å². The molecule has 2 amide bonds. The summed E-state index contributed by atoms with van der Waals surface area (Å²) in [7, 11) is 0. The maximum atomic E-state index is 13.6. The summed E-state index contributed by atoms with van der Waals surface area (Å²) in [6.07, 6.45) is 0.472. The minimum absolute atomic E-state index is 0.00647. The molecule has 0 aliphatic rings. The lowest BCUT2D eigenvalue weighted by Crippen LogP contribution is -2.52. The highest BCUT2D eigenvalue weighted by Crippen LogP contribution is 2.19. The molecule has 0 aliphatic heterocycles. The van der Waals surface area contributed by atoms with Crippen LogP contribution in [0.3, 0.4) is 0 Å². The molecular weight excluding hydrogens is 452 g/mol. The molecule has 0 spiro atoms. The Bertz CT molecular complexity index is 1080. The number of aryl methyl sites for hydroxylation is 2. The van der Waals surface area contributed by atoms with Crippen LogP contribution in [0.2, 0.25) is 0 Å². The Kier molecular flexibility index (Phi) is 9.98. The first-order valence-corrected chi connectivity index (χ1v) is 13.3. The van der Waals surface area contributed by atoms with E-state index in [0.29, 0.717) is 18.7 Å². The van der Waals surface area contributed by atoms with Crippen molar-refractivity contribution in [2.24, 2.45) is 0 Å². The summed E-state index contributed by atoms with van der Waals surface area (Å²) in [5, 5.41) is 3.04. The largest absolute Gasteiger partial charge is 0.352 e. The molecule has 0 fully saturated rings. The molecule has 3 rings (SSSR count). The Labute approximate surface area is 214 Å². The first kappa shape index (κ1) is 26.6. The van der Waals surface area contributed by atoms with Crippen molar-refractivity contribution < 1.29 is 9.59 Å². The van der Waals surface area contributed by atoms with E-state index in [1.165, 1.54) is 16.7 Å². The van der Waals surface area contributed by atoms with Crippen LogP contribution in [0.1, 0.15) is 41.7 Å². The van der Waals surface area contributed by atoms with Crippen LogP contribution < -0.4 is 5.32 Å². The van der Waals surface area contributed by atoms with Gasteiger partial charge in [0.2, 0.25) is 11.8 Å². The van der Waals surface area contributed by atoms with Gasteiger partial charge in [0.1, 0.15) is 6.04 Å². The Hall–Kier alpha value is -3.05. The number of carbonyl (C=O) groups excluding carboxylic acids is 2. The van der Waals surface area contributed by atoms with E-state index >= 15 is 0 Å². The minimum atomic E-state index is -0.589. The number of rotatable bonds is 11. The lowest BCUT2D eigenvalue weighted by molar-refractivity contribution is -0.139. The van der Waals surface area contributed by atoms with Gasteiger partial charge in [0, 0.05) is 24.8 Å². The third-order valence-corrected chi connectivity index (χ3v) is 6.78. The highest BCUT2D eigenvalue weighted by Gasteiger charge is 2.30. The molecule has 184 valence electrons. The van der Waals surface area contributed by atoms with Gasteiger partial charge in [-0.2, -0.15) is 0 Å². The van der Waals surface area contributed by atoms with Crippen LogP contribution in [0.15, 0.2) is 78.9 Å². The van der Waals surface area contributed by atoms with E-state index in [1.807, 2.05) is 75.4 Å². The lowest BCUT2D eigenvalue weighted by Gasteiger charge is -2.32. The molecule has 0 bridgehead atoms. The first-order valence-electron chi connectivity index (χ1n) is 12.1. The number of amides is 2. The Morgan fingerprint density at radius 3 is 1.94 bits per heavy atom. The molecule has 1 N–H and O–H groups in total. The summed E-state index contributed by atoms with van der Waals surface area (Å²) in [6.45, 7) is 8.40. The molecule has 5 heteroatoms. The number of carbonyl (C=O) groups is 2. The highest BCUT2D eigenvalue weighted by molar-refractivity contribution is 7.99. The van der Waals surface area contributed by atoms with Crippen LogP contribution in [0, 0.1) is 13.8 Å². The van der Waals surface area contributed by atoms with Crippen molar-refractivity contribution in [3.63, 3.8) is 0 Å². The smallest absolute Gasteiger partial charge is 0.243 e. The summed E-state index contributed by atoms with van der Waals surface area (Å²) < 4.78 is 0. The van der Waals surface area contributed by atoms with Gasteiger partial charge >= 0.3 is 0 Å². The predicted molar refractivity (Wildman–Crippen MR) is 146 cm³/mol. The molecule has 3 aromatic carbocycles. The van der Waals surface area contributed by atoms with Crippen molar-refractivity contribution in [2.45, 2.75) is 58.5 Å². The van der Waals surface area contributed by atoms with Crippen LogP contribution in [0.5, 0.6) is 0 Å². The first-order chi connectivity index (χ1) is 16.8. The van der Waals surface area contributed by atoms with Gasteiger partial charge in [-0.3, -0.25) is 9.59 Å². The molecule has 3 aromatic rings. The number of hydrogen-bond acceptors (Lipinski definition) is 3. The van der Waals surface area contributed by atoms with Crippen molar-refractivity contribution in [1.29, 1.82) is 0 Å². The van der Waals surface area contributed by atoms with E-state index in [4.69, 9.17) is 0 Å².